The molecular weight excluding hydrogens is 302 g/mol. The molecule has 0 N–H and O–H groups in total. The van der Waals surface area contributed by atoms with Gasteiger partial charge in [0, 0.05) is 19.6 Å². The van der Waals surface area contributed by atoms with Crippen molar-refractivity contribution in [1.82, 2.24) is 4.90 Å². The molecule has 0 saturated carbocycles. The van der Waals surface area contributed by atoms with Crippen LogP contribution in [0.1, 0.15) is 28.8 Å². The molecule has 2 aromatic rings. The van der Waals surface area contributed by atoms with Crippen molar-refractivity contribution in [2.75, 3.05) is 20.2 Å². The first kappa shape index (κ1) is 16.5. The summed E-state index contributed by atoms with van der Waals surface area (Å²) in [4.78, 5) is 14.5. The maximum atomic E-state index is 12.1. The molecule has 0 radical (unpaired) electrons. The van der Waals surface area contributed by atoms with Gasteiger partial charge in [-0.2, -0.15) is 0 Å². The first-order valence-electron chi connectivity index (χ1n) is 8.36. The van der Waals surface area contributed by atoms with Gasteiger partial charge in [-0.3, -0.25) is 4.90 Å². The highest BCUT2D eigenvalue weighted by molar-refractivity contribution is 5.89. The highest BCUT2D eigenvalue weighted by Gasteiger charge is 2.22. The summed E-state index contributed by atoms with van der Waals surface area (Å²) in [5.74, 6) is 0.662. The third-order valence-electron chi connectivity index (χ3n) is 4.38. The Labute approximate surface area is 143 Å². The number of carbonyl (C=O) groups excluding carboxylic acids is 1. The standard InChI is InChI=1S/C20H23NO3/c1-23-18-9-7-16(8-10-18)15-21-13-11-19(12-14-21)24-20(22)17-5-3-2-4-6-17/h2-10,19H,11-15H2,1H3. The molecule has 2 aromatic carbocycles. The van der Waals surface area contributed by atoms with Gasteiger partial charge in [-0.05, 0) is 42.7 Å². The van der Waals surface area contributed by atoms with Gasteiger partial charge in [0.25, 0.3) is 0 Å². The minimum Gasteiger partial charge on any atom is -0.497 e. The minimum absolute atomic E-state index is 0.0184. The molecule has 4 nitrogen and oxygen atoms in total. The summed E-state index contributed by atoms with van der Waals surface area (Å²) >= 11 is 0. The number of rotatable bonds is 5. The SMILES string of the molecule is COc1ccc(CN2CCC(OC(=O)c3ccccc3)CC2)cc1. The number of hydrogen-bond donors (Lipinski definition) is 0. The predicted octanol–water partition coefficient (Wildman–Crippen LogP) is 3.52. The molecule has 1 aliphatic heterocycles. The van der Waals surface area contributed by atoms with Gasteiger partial charge in [-0.1, -0.05) is 30.3 Å². The quantitative estimate of drug-likeness (QED) is 0.789. The van der Waals surface area contributed by atoms with Crippen molar-refractivity contribution in [3.8, 4) is 5.75 Å². The third kappa shape index (κ3) is 4.36. The molecule has 1 aliphatic rings. The molecule has 0 bridgehead atoms. The molecular formula is C20H23NO3. The van der Waals surface area contributed by atoms with E-state index in [0.29, 0.717) is 5.56 Å². The van der Waals surface area contributed by atoms with Crippen molar-refractivity contribution >= 4 is 5.97 Å². The molecule has 24 heavy (non-hydrogen) atoms. The molecule has 1 saturated heterocycles. The number of ether oxygens (including phenoxy) is 2. The Morgan fingerprint density at radius 3 is 2.33 bits per heavy atom. The number of piperidine rings is 1. The number of carbonyl (C=O) groups is 1. The Balaban J connectivity index is 1.46. The number of esters is 1. The largest absolute Gasteiger partial charge is 0.497 e. The Morgan fingerprint density at radius 1 is 1.04 bits per heavy atom. The van der Waals surface area contributed by atoms with Crippen LogP contribution in [0, 0.1) is 0 Å². The lowest BCUT2D eigenvalue weighted by molar-refractivity contribution is 0.0104. The topological polar surface area (TPSA) is 38.8 Å². The lowest BCUT2D eigenvalue weighted by atomic mass is 10.1. The van der Waals surface area contributed by atoms with Gasteiger partial charge in [0.05, 0.1) is 12.7 Å². The summed E-state index contributed by atoms with van der Waals surface area (Å²) in [6.07, 6.45) is 1.79. The van der Waals surface area contributed by atoms with Crippen LogP contribution in [-0.4, -0.2) is 37.2 Å². The lowest BCUT2D eigenvalue weighted by Gasteiger charge is -2.31. The van der Waals surface area contributed by atoms with E-state index in [1.54, 1.807) is 19.2 Å². The second-order valence-corrected chi connectivity index (χ2v) is 6.09. The Bertz CT molecular complexity index is 646. The van der Waals surface area contributed by atoms with Gasteiger partial charge in [0.1, 0.15) is 11.9 Å². The van der Waals surface area contributed by atoms with E-state index in [1.165, 1.54) is 5.56 Å². The lowest BCUT2D eigenvalue weighted by Crippen LogP contribution is -2.37. The van der Waals surface area contributed by atoms with Crippen LogP contribution in [0.3, 0.4) is 0 Å². The Kier molecular flexibility index (Phi) is 5.49. The summed E-state index contributed by atoms with van der Waals surface area (Å²) in [5.41, 5.74) is 1.90. The van der Waals surface area contributed by atoms with Crippen LogP contribution in [0.25, 0.3) is 0 Å². The first-order valence-corrected chi connectivity index (χ1v) is 8.36. The summed E-state index contributed by atoms with van der Waals surface area (Å²) in [5, 5.41) is 0. The van der Waals surface area contributed by atoms with Gasteiger partial charge in [-0.15, -0.1) is 0 Å². The van der Waals surface area contributed by atoms with Crippen molar-refractivity contribution in [1.29, 1.82) is 0 Å². The molecule has 0 atom stereocenters. The van der Waals surface area contributed by atoms with Crippen molar-refractivity contribution in [2.24, 2.45) is 0 Å². The summed E-state index contributed by atoms with van der Waals surface area (Å²) in [6.45, 7) is 2.81. The fourth-order valence-electron chi connectivity index (χ4n) is 2.97. The molecule has 4 heteroatoms. The zero-order valence-corrected chi connectivity index (χ0v) is 14.0. The van der Waals surface area contributed by atoms with E-state index in [4.69, 9.17) is 9.47 Å². The third-order valence-corrected chi connectivity index (χ3v) is 4.38. The highest BCUT2D eigenvalue weighted by atomic mass is 16.5. The van der Waals surface area contributed by atoms with Crippen LogP contribution in [-0.2, 0) is 11.3 Å². The van der Waals surface area contributed by atoms with Gasteiger partial charge >= 0.3 is 5.97 Å². The van der Waals surface area contributed by atoms with Gasteiger partial charge in [-0.25, -0.2) is 4.79 Å². The second-order valence-electron chi connectivity index (χ2n) is 6.09. The summed E-state index contributed by atoms with van der Waals surface area (Å²) in [7, 11) is 1.68. The minimum atomic E-state index is -0.218. The van der Waals surface area contributed by atoms with Crippen molar-refractivity contribution < 1.29 is 14.3 Å². The van der Waals surface area contributed by atoms with Crippen molar-refractivity contribution in [2.45, 2.75) is 25.5 Å². The van der Waals surface area contributed by atoms with E-state index in [1.807, 2.05) is 30.3 Å². The number of likely N-dealkylation sites (tertiary alicyclic amines) is 1. The monoisotopic (exact) mass is 325 g/mol. The predicted molar refractivity (Wildman–Crippen MR) is 93.2 cm³/mol. The molecule has 1 fully saturated rings. The highest BCUT2D eigenvalue weighted by Crippen LogP contribution is 2.19. The Hall–Kier alpha value is -2.33. The van der Waals surface area contributed by atoms with E-state index in [0.717, 1.165) is 38.2 Å². The normalized spacial score (nSPS) is 15.9. The van der Waals surface area contributed by atoms with E-state index < -0.39 is 0 Å². The first-order chi connectivity index (χ1) is 11.7. The molecule has 3 rings (SSSR count). The fraction of sp³-hybridized carbons (Fsp3) is 0.350. The number of benzene rings is 2. The van der Waals surface area contributed by atoms with Crippen LogP contribution in [0.5, 0.6) is 5.75 Å². The Morgan fingerprint density at radius 2 is 1.71 bits per heavy atom. The molecule has 0 aromatic heterocycles. The fourth-order valence-corrected chi connectivity index (χ4v) is 2.97. The van der Waals surface area contributed by atoms with E-state index >= 15 is 0 Å². The maximum Gasteiger partial charge on any atom is 0.338 e. The van der Waals surface area contributed by atoms with Crippen LogP contribution in [0.2, 0.25) is 0 Å². The number of nitrogens with zero attached hydrogens (tertiary/aromatic N) is 1. The maximum absolute atomic E-state index is 12.1. The molecule has 0 unspecified atom stereocenters. The van der Waals surface area contributed by atoms with Crippen molar-refractivity contribution in [3.05, 3.63) is 65.7 Å². The summed E-state index contributed by atoms with van der Waals surface area (Å²) in [6, 6.07) is 17.4. The number of hydrogen-bond acceptors (Lipinski definition) is 4. The molecule has 126 valence electrons. The average molecular weight is 325 g/mol. The molecule has 0 amide bonds. The smallest absolute Gasteiger partial charge is 0.338 e. The molecule has 1 heterocycles. The van der Waals surface area contributed by atoms with Gasteiger partial charge in [0.15, 0.2) is 0 Å². The van der Waals surface area contributed by atoms with E-state index in [-0.39, 0.29) is 12.1 Å². The average Bonchev–Trinajstić information content (AvgIpc) is 2.65. The molecule has 0 aliphatic carbocycles. The van der Waals surface area contributed by atoms with E-state index in [9.17, 15) is 4.79 Å². The summed E-state index contributed by atoms with van der Waals surface area (Å²) < 4.78 is 10.8. The van der Waals surface area contributed by atoms with Crippen molar-refractivity contribution in [3.63, 3.8) is 0 Å². The van der Waals surface area contributed by atoms with Crippen LogP contribution < -0.4 is 4.74 Å². The van der Waals surface area contributed by atoms with Gasteiger partial charge < -0.3 is 9.47 Å². The van der Waals surface area contributed by atoms with Crippen LogP contribution in [0.4, 0.5) is 0 Å². The van der Waals surface area contributed by atoms with Crippen LogP contribution >= 0.6 is 0 Å². The second kappa shape index (κ2) is 7.97. The number of methoxy groups -OCH3 is 1. The zero-order valence-electron chi connectivity index (χ0n) is 14.0. The van der Waals surface area contributed by atoms with E-state index in [2.05, 4.69) is 17.0 Å². The zero-order chi connectivity index (χ0) is 16.8. The molecule has 0 spiro atoms. The van der Waals surface area contributed by atoms with Crippen LogP contribution in [0.15, 0.2) is 54.6 Å². The van der Waals surface area contributed by atoms with Gasteiger partial charge in [0.2, 0.25) is 0 Å².